The number of amides is 1. The first-order valence-electron chi connectivity index (χ1n) is 6.82. The molecule has 4 nitrogen and oxygen atoms in total. The van der Waals surface area contributed by atoms with E-state index in [9.17, 15) is 14.7 Å². The van der Waals surface area contributed by atoms with Gasteiger partial charge in [0.15, 0.2) is 0 Å². The normalized spacial score (nSPS) is 17.3. The predicted octanol–water partition coefficient (Wildman–Crippen LogP) is 2.52. The molecule has 1 aliphatic carbocycles. The van der Waals surface area contributed by atoms with Crippen molar-refractivity contribution in [3.05, 3.63) is 0 Å². The Bertz CT molecular complexity index is 315. The maximum atomic E-state index is 12.5. The van der Waals surface area contributed by atoms with Gasteiger partial charge in [-0.1, -0.05) is 34.1 Å². The smallest absolute Gasteiger partial charge is 0.316 e. The molecule has 0 saturated heterocycles. The summed E-state index contributed by atoms with van der Waals surface area (Å²) in [4.78, 5) is 25.6. The molecule has 0 aromatic carbocycles. The van der Waals surface area contributed by atoms with Crippen molar-refractivity contribution in [1.29, 1.82) is 0 Å². The SMILES string of the molecule is CCCCN(C(=O)C(C(=O)O)C(C)(C)C)C1CC1. The Labute approximate surface area is 109 Å². The van der Waals surface area contributed by atoms with Gasteiger partial charge in [0.05, 0.1) is 0 Å². The number of carboxylic acid groups (broad SMARTS) is 1. The third-order valence-electron chi connectivity index (χ3n) is 3.38. The molecule has 0 aromatic rings. The lowest BCUT2D eigenvalue weighted by Crippen LogP contribution is -2.46. The van der Waals surface area contributed by atoms with Crippen LogP contribution >= 0.6 is 0 Å². The first kappa shape index (κ1) is 15.0. The molecule has 0 radical (unpaired) electrons. The van der Waals surface area contributed by atoms with Crippen molar-refractivity contribution >= 4 is 11.9 Å². The second-order valence-electron chi connectivity index (χ2n) is 6.25. The molecule has 0 bridgehead atoms. The highest BCUT2D eigenvalue weighted by molar-refractivity contribution is 5.98. The van der Waals surface area contributed by atoms with Gasteiger partial charge in [0.2, 0.25) is 5.91 Å². The summed E-state index contributed by atoms with van der Waals surface area (Å²) in [6.07, 6.45) is 4.00. The summed E-state index contributed by atoms with van der Waals surface area (Å²) in [6, 6.07) is 0.285. The maximum Gasteiger partial charge on any atom is 0.316 e. The number of carbonyl (C=O) groups is 2. The maximum absolute atomic E-state index is 12.5. The molecule has 0 aromatic heterocycles. The quantitative estimate of drug-likeness (QED) is 0.742. The summed E-state index contributed by atoms with van der Waals surface area (Å²) < 4.78 is 0. The summed E-state index contributed by atoms with van der Waals surface area (Å²) in [5, 5.41) is 9.31. The van der Waals surface area contributed by atoms with Crippen LogP contribution in [-0.2, 0) is 9.59 Å². The fraction of sp³-hybridized carbons (Fsp3) is 0.857. The highest BCUT2D eigenvalue weighted by Crippen LogP contribution is 2.33. The average Bonchev–Trinajstić information content (AvgIpc) is 2.99. The van der Waals surface area contributed by atoms with Gasteiger partial charge in [-0.15, -0.1) is 0 Å². The van der Waals surface area contributed by atoms with Gasteiger partial charge in [-0.2, -0.15) is 0 Å². The third-order valence-corrected chi connectivity index (χ3v) is 3.38. The Morgan fingerprint density at radius 2 is 1.89 bits per heavy atom. The van der Waals surface area contributed by atoms with Crippen LogP contribution < -0.4 is 0 Å². The van der Waals surface area contributed by atoms with E-state index in [0.717, 1.165) is 25.7 Å². The average molecular weight is 255 g/mol. The third kappa shape index (κ3) is 3.72. The van der Waals surface area contributed by atoms with Crippen LogP contribution in [0.15, 0.2) is 0 Å². The largest absolute Gasteiger partial charge is 0.481 e. The number of carboxylic acids is 1. The van der Waals surface area contributed by atoms with E-state index in [-0.39, 0.29) is 11.9 Å². The van der Waals surface area contributed by atoms with E-state index in [1.165, 1.54) is 0 Å². The molecular weight excluding hydrogens is 230 g/mol. The van der Waals surface area contributed by atoms with Crippen LogP contribution in [-0.4, -0.2) is 34.5 Å². The number of carbonyl (C=O) groups excluding carboxylic acids is 1. The topological polar surface area (TPSA) is 57.6 Å². The van der Waals surface area contributed by atoms with Gasteiger partial charge in [-0.25, -0.2) is 0 Å². The standard InChI is InChI=1S/C14H25NO3/c1-5-6-9-15(10-7-8-10)12(16)11(13(17)18)14(2,3)4/h10-11H,5-9H2,1-4H3,(H,17,18). The van der Waals surface area contributed by atoms with Crippen LogP contribution in [0.5, 0.6) is 0 Å². The number of aliphatic carboxylic acids is 1. The van der Waals surface area contributed by atoms with Gasteiger partial charge in [0, 0.05) is 12.6 Å². The molecule has 0 aliphatic heterocycles. The Kier molecular flexibility index (Phi) is 4.77. The van der Waals surface area contributed by atoms with Crippen LogP contribution in [0.2, 0.25) is 0 Å². The second-order valence-corrected chi connectivity index (χ2v) is 6.25. The molecule has 104 valence electrons. The lowest BCUT2D eigenvalue weighted by molar-refractivity contribution is -0.156. The Hall–Kier alpha value is -1.06. The summed E-state index contributed by atoms with van der Waals surface area (Å²) in [6.45, 7) is 8.21. The number of nitrogens with zero attached hydrogens (tertiary/aromatic N) is 1. The Balaban J connectivity index is 2.82. The molecule has 0 heterocycles. The van der Waals surface area contributed by atoms with Gasteiger partial charge in [0.25, 0.3) is 0 Å². The van der Waals surface area contributed by atoms with E-state index in [1.54, 1.807) is 4.90 Å². The molecule has 1 saturated carbocycles. The summed E-state index contributed by atoms with van der Waals surface area (Å²) in [5.41, 5.74) is -0.539. The molecule has 1 rings (SSSR count). The summed E-state index contributed by atoms with van der Waals surface area (Å²) in [7, 11) is 0. The van der Waals surface area contributed by atoms with Crippen LogP contribution in [0.25, 0.3) is 0 Å². The van der Waals surface area contributed by atoms with Crippen molar-refractivity contribution in [2.45, 2.75) is 59.4 Å². The van der Waals surface area contributed by atoms with E-state index >= 15 is 0 Å². The van der Waals surface area contributed by atoms with Crippen molar-refractivity contribution in [3.63, 3.8) is 0 Å². The van der Waals surface area contributed by atoms with Crippen LogP contribution in [0.1, 0.15) is 53.4 Å². The minimum atomic E-state index is -1.00. The molecule has 1 atom stereocenters. The minimum Gasteiger partial charge on any atom is -0.481 e. The molecule has 1 unspecified atom stereocenters. The predicted molar refractivity (Wildman–Crippen MR) is 70.2 cm³/mol. The molecular formula is C14H25NO3. The van der Waals surface area contributed by atoms with Crippen LogP contribution in [0.4, 0.5) is 0 Å². The first-order chi connectivity index (χ1) is 8.29. The first-order valence-corrected chi connectivity index (χ1v) is 6.82. The molecule has 1 aliphatic rings. The minimum absolute atomic E-state index is 0.203. The van der Waals surface area contributed by atoms with Gasteiger partial charge in [0.1, 0.15) is 5.92 Å². The number of unbranched alkanes of at least 4 members (excludes halogenated alkanes) is 1. The molecule has 1 N–H and O–H groups in total. The number of hydrogen-bond donors (Lipinski definition) is 1. The molecule has 18 heavy (non-hydrogen) atoms. The highest BCUT2D eigenvalue weighted by atomic mass is 16.4. The zero-order valence-corrected chi connectivity index (χ0v) is 11.9. The number of hydrogen-bond acceptors (Lipinski definition) is 2. The summed E-state index contributed by atoms with van der Waals surface area (Å²) >= 11 is 0. The van der Waals surface area contributed by atoms with Gasteiger partial charge < -0.3 is 10.0 Å². The Morgan fingerprint density at radius 3 is 2.22 bits per heavy atom. The second kappa shape index (κ2) is 5.72. The van der Waals surface area contributed by atoms with Crippen LogP contribution in [0.3, 0.4) is 0 Å². The monoisotopic (exact) mass is 255 g/mol. The highest BCUT2D eigenvalue weighted by Gasteiger charge is 2.43. The van der Waals surface area contributed by atoms with Crippen molar-refractivity contribution in [2.75, 3.05) is 6.54 Å². The molecule has 0 spiro atoms. The van der Waals surface area contributed by atoms with E-state index in [0.29, 0.717) is 6.54 Å². The molecule has 1 fully saturated rings. The Morgan fingerprint density at radius 1 is 1.33 bits per heavy atom. The van der Waals surface area contributed by atoms with Gasteiger partial charge in [-0.05, 0) is 24.7 Å². The van der Waals surface area contributed by atoms with Crippen molar-refractivity contribution < 1.29 is 14.7 Å². The fourth-order valence-corrected chi connectivity index (χ4v) is 2.20. The van der Waals surface area contributed by atoms with E-state index < -0.39 is 17.3 Å². The van der Waals surface area contributed by atoms with Gasteiger partial charge >= 0.3 is 5.97 Å². The zero-order chi connectivity index (χ0) is 13.9. The molecule has 4 heteroatoms. The van der Waals surface area contributed by atoms with Crippen molar-refractivity contribution in [1.82, 2.24) is 4.90 Å². The van der Waals surface area contributed by atoms with E-state index in [2.05, 4.69) is 6.92 Å². The summed E-state index contributed by atoms with van der Waals surface area (Å²) in [5.74, 6) is -2.14. The van der Waals surface area contributed by atoms with Crippen molar-refractivity contribution in [2.24, 2.45) is 11.3 Å². The van der Waals surface area contributed by atoms with Gasteiger partial charge in [-0.3, -0.25) is 9.59 Å². The zero-order valence-electron chi connectivity index (χ0n) is 11.9. The lowest BCUT2D eigenvalue weighted by Gasteiger charge is -2.32. The lowest BCUT2D eigenvalue weighted by atomic mass is 9.79. The van der Waals surface area contributed by atoms with E-state index in [1.807, 2.05) is 20.8 Å². The fourth-order valence-electron chi connectivity index (χ4n) is 2.20. The van der Waals surface area contributed by atoms with E-state index in [4.69, 9.17) is 0 Å². The van der Waals surface area contributed by atoms with Crippen molar-refractivity contribution in [3.8, 4) is 0 Å². The molecule has 1 amide bonds. The van der Waals surface area contributed by atoms with Crippen LogP contribution in [0, 0.1) is 11.3 Å². The number of rotatable bonds is 6.